The summed E-state index contributed by atoms with van der Waals surface area (Å²) in [5, 5.41) is 0. The summed E-state index contributed by atoms with van der Waals surface area (Å²) >= 11 is 0. The van der Waals surface area contributed by atoms with Crippen molar-refractivity contribution in [1.29, 1.82) is 0 Å². The third-order valence-corrected chi connectivity index (χ3v) is 2.23. The van der Waals surface area contributed by atoms with Crippen LogP contribution in [0.4, 0.5) is 0 Å². The molecule has 0 amide bonds. The van der Waals surface area contributed by atoms with Crippen molar-refractivity contribution in [3.05, 3.63) is 48.0 Å². The fourth-order valence-corrected chi connectivity index (χ4v) is 1.47. The van der Waals surface area contributed by atoms with Gasteiger partial charge in [-0.15, -0.1) is 0 Å². The van der Waals surface area contributed by atoms with Crippen molar-refractivity contribution in [3.8, 4) is 11.1 Å². The first-order valence-electron chi connectivity index (χ1n) is 6.60. The van der Waals surface area contributed by atoms with Crippen LogP contribution in [0.15, 0.2) is 36.9 Å². The monoisotopic (exact) mass is 244 g/mol. The summed E-state index contributed by atoms with van der Waals surface area (Å²) in [4.78, 5) is 8.30. The van der Waals surface area contributed by atoms with E-state index in [9.17, 15) is 0 Å². The highest BCUT2D eigenvalue weighted by molar-refractivity contribution is 5.65. The Labute approximate surface area is 111 Å². The Morgan fingerprint density at radius 3 is 2.06 bits per heavy atom. The zero-order chi connectivity index (χ0) is 14.0. The van der Waals surface area contributed by atoms with E-state index in [1.807, 2.05) is 65.5 Å². The van der Waals surface area contributed by atoms with Crippen LogP contribution < -0.4 is 0 Å². The molecule has 2 nitrogen and oxygen atoms in total. The normalized spacial score (nSPS) is 8.56. The van der Waals surface area contributed by atoms with E-state index in [2.05, 4.69) is 23.0 Å². The average Bonchev–Trinajstić information content (AvgIpc) is 2.44. The van der Waals surface area contributed by atoms with Gasteiger partial charge in [-0.2, -0.15) is 0 Å². The predicted octanol–water partition coefficient (Wildman–Crippen LogP) is 4.81. The molecule has 2 aromatic rings. The van der Waals surface area contributed by atoms with Crippen molar-refractivity contribution in [2.45, 2.75) is 41.5 Å². The molecule has 0 aliphatic rings. The molecule has 0 aliphatic carbocycles. The van der Waals surface area contributed by atoms with Crippen LogP contribution in [0.2, 0.25) is 0 Å². The lowest BCUT2D eigenvalue weighted by Crippen LogP contribution is -1.86. The highest BCUT2D eigenvalue weighted by Gasteiger charge is 2.01. The summed E-state index contributed by atoms with van der Waals surface area (Å²) < 4.78 is 0. The minimum atomic E-state index is 1.13. The van der Waals surface area contributed by atoms with Gasteiger partial charge in [0.25, 0.3) is 0 Å². The lowest BCUT2D eigenvalue weighted by Gasteiger charge is -2.04. The molecule has 18 heavy (non-hydrogen) atoms. The van der Waals surface area contributed by atoms with Gasteiger partial charge >= 0.3 is 0 Å². The molecule has 0 aliphatic heterocycles. The smallest absolute Gasteiger partial charge is 0.0349 e. The molecule has 2 rings (SSSR count). The summed E-state index contributed by atoms with van der Waals surface area (Å²) in [5.74, 6) is 0. The van der Waals surface area contributed by atoms with E-state index < -0.39 is 0 Å². The largest absolute Gasteiger partial charge is 0.264 e. The van der Waals surface area contributed by atoms with Gasteiger partial charge in [0, 0.05) is 35.9 Å². The molecule has 0 aromatic carbocycles. The third-order valence-electron chi connectivity index (χ3n) is 2.23. The third kappa shape index (κ3) is 4.66. The van der Waals surface area contributed by atoms with Crippen molar-refractivity contribution in [1.82, 2.24) is 9.97 Å². The Balaban J connectivity index is 0.000000659. The van der Waals surface area contributed by atoms with Gasteiger partial charge in [-0.25, -0.2) is 0 Å². The molecule has 0 fully saturated rings. The van der Waals surface area contributed by atoms with Crippen LogP contribution in [-0.4, -0.2) is 9.97 Å². The average molecular weight is 244 g/mol. The standard InChI is InChI=1S/C12H12N2.2C2H6/c1-9-5-11(7-14-6-9)12-8-13-4-3-10(12)2;2*1-2/h3-8H,1-2H3;2*1-2H3. The summed E-state index contributed by atoms with van der Waals surface area (Å²) in [5.41, 5.74) is 4.69. The Hall–Kier alpha value is -1.70. The van der Waals surface area contributed by atoms with Gasteiger partial charge in [-0.05, 0) is 37.1 Å². The first kappa shape index (κ1) is 16.3. The first-order valence-corrected chi connectivity index (χ1v) is 6.60. The molecule has 0 saturated carbocycles. The van der Waals surface area contributed by atoms with E-state index in [0.717, 1.165) is 11.1 Å². The van der Waals surface area contributed by atoms with E-state index in [4.69, 9.17) is 0 Å². The van der Waals surface area contributed by atoms with Crippen LogP contribution in [0.25, 0.3) is 11.1 Å². The van der Waals surface area contributed by atoms with Gasteiger partial charge in [0.2, 0.25) is 0 Å². The predicted molar refractivity (Wildman–Crippen MR) is 79.6 cm³/mol. The molecule has 0 unspecified atom stereocenters. The topological polar surface area (TPSA) is 25.8 Å². The van der Waals surface area contributed by atoms with E-state index in [1.165, 1.54) is 11.1 Å². The number of nitrogens with zero attached hydrogens (tertiary/aromatic N) is 2. The molecule has 0 radical (unpaired) electrons. The SMILES string of the molecule is CC.CC.Cc1cncc(-c2cnccc2C)c1. The van der Waals surface area contributed by atoms with Crippen molar-refractivity contribution in [3.63, 3.8) is 0 Å². The van der Waals surface area contributed by atoms with Crippen LogP contribution in [0, 0.1) is 13.8 Å². The van der Waals surface area contributed by atoms with Gasteiger partial charge in [-0.3, -0.25) is 9.97 Å². The molecule has 0 bridgehead atoms. The number of aryl methyl sites for hydroxylation is 2. The van der Waals surface area contributed by atoms with Gasteiger partial charge in [0.15, 0.2) is 0 Å². The molecule has 0 spiro atoms. The second kappa shape index (κ2) is 9.34. The van der Waals surface area contributed by atoms with Crippen molar-refractivity contribution in [2.24, 2.45) is 0 Å². The van der Waals surface area contributed by atoms with E-state index in [1.54, 1.807) is 0 Å². The molecule has 2 heterocycles. The number of aromatic nitrogens is 2. The highest BCUT2D eigenvalue weighted by Crippen LogP contribution is 2.21. The van der Waals surface area contributed by atoms with Crippen molar-refractivity contribution < 1.29 is 0 Å². The maximum atomic E-state index is 4.17. The molecule has 98 valence electrons. The van der Waals surface area contributed by atoms with Crippen LogP contribution in [-0.2, 0) is 0 Å². The maximum Gasteiger partial charge on any atom is 0.0349 e. The van der Waals surface area contributed by atoms with Gasteiger partial charge in [0.1, 0.15) is 0 Å². The van der Waals surface area contributed by atoms with Crippen LogP contribution in [0.3, 0.4) is 0 Å². The number of hydrogen-bond donors (Lipinski definition) is 0. The zero-order valence-corrected chi connectivity index (χ0v) is 12.4. The quantitative estimate of drug-likeness (QED) is 0.719. The second-order valence-corrected chi connectivity index (χ2v) is 3.44. The lowest BCUT2D eigenvalue weighted by molar-refractivity contribution is 1.24. The fourth-order valence-electron chi connectivity index (χ4n) is 1.47. The van der Waals surface area contributed by atoms with Gasteiger partial charge in [0.05, 0.1) is 0 Å². The van der Waals surface area contributed by atoms with Crippen LogP contribution in [0.5, 0.6) is 0 Å². The summed E-state index contributed by atoms with van der Waals surface area (Å²) in [7, 11) is 0. The van der Waals surface area contributed by atoms with Gasteiger partial charge in [-0.1, -0.05) is 27.7 Å². The molecule has 0 N–H and O–H groups in total. The Morgan fingerprint density at radius 2 is 1.50 bits per heavy atom. The number of pyridine rings is 2. The van der Waals surface area contributed by atoms with E-state index in [-0.39, 0.29) is 0 Å². The van der Waals surface area contributed by atoms with Crippen molar-refractivity contribution >= 4 is 0 Å². The maximum absolute atomic E-state index is 4.17. The lowest BCUT2D eigenvalue weighted by atomic mass is 10.0. The molecule has 2 aromatic heterocycles. The van der Waals surface area contributed by atoms with Crippen LogP contribution >= 0.6 is 0 Å². The fraction of sp³-hybridized carbons (Fsp3) is 0.375. The summed E-state index contributed by atoms with van der Waals surface area (Å²) in [6.07, 6.45) is 7.42. The Morgan fingerprint density at radius 1 is 0.833 bits per heavy atom. The van der Waals surface area contributed by atoms with Crippen LogP contribution in [0.1, 0.15) is 38.8 Å². The Bertz CT molecular complexity index is 450. The minimum absolute atomic E-state index is 1.13. The molecule has 2 heteroatoms. The van der Waals surface area contributed by atoms with E-state index in [0.29, 0.717) is 0 Å². The molecule has 0 atom stereocenters. The second-order valence-electron chi connectivity index (χ2n) is 3.44. The van der Waals surface area contributed by atoms with Gasteiger partial charge < -0.3 is 0 Å². The first-order chi connectivity index (χ1) is 8.77. The molecular weight excluding hydrogens is 220 g/mol. The molecular formula is C16H24N2. The van der Waals surface area contributed by atoms with Crippen molar-refractivity contribution in [2.75, 3.05) is 0 Å². The highest BCUT2D eigenvalue weighted by atomic mass is 14.6. The Kier molecular flexibility index (Phi) is 8.46. The molecule has 0 saturated heterocycles. The summed E-state index contributed by atoms with van der Waals surface area (Å²) in [6.45, 7) is 12.1. The zero-order valence-electron chi connectivity index (χ0n) is 12.4. The summed E-state index contributed by atoms with van der Waals surface area (Å²) in [6, 6.07) is 4.13. The number of rotatable bonds is 1. The van der Waals surface area contributed by atoms with E-state index >= 15 is 0 Å². The minimum Gasteiger partial charge on any atom is -0.264 e. The number of hydrogen-bond acceptors (Lipinski definition) is 2.